The number of benzene rings is 3. The zero-order valence-electron chi connectivity index (χ0n) is 15.1. The molecule has 4 rings (SSSR count). The highest BCUT2D eigenvalue weighted by Crippen LogP contribution is 2.33. The molecule has 4 aromatic rings. The SMILES string of the molecule is Cc1sc(-c2ccccc2)nc1-c1ccc(NC(=O)c2ccccc2I)cc1. The number of hydrogen-bond donors (Lipinski definition) is 1. The van der Waals surface area contributed by atoms with Gasteiger partial charge in [0.2, 0.25) is 0 Å². The molecule has 1 aromatic heterocycles. The molecule has 0 radical (unpaired) electrons. The summed E-state index contributed by atoms with van der Waals surface area (Å²) in [4.78, 5) is 18.5. The topological polar surface area (TPSA) is 42.0 Å². The lowest BCUT2D eigenvalue weighted by atomic mass is 10.1. The third-order valence-electron chi connectivity index (χ3n) is 4.35. The summed E-state index contributed by atoms with van der Waals surface area (Å²) in [5.41, 5.74) is 4.60. The molecule has 3 nitrogen and oxygen atoms in total. The monoisotopic (exact) mass is 496 g/mol. The second-order valence-corrected chi connectivity index (χ2v) is 8.67. The number of carbonyl (C=O) groups excluding carboxylic acids is 1. The van der Waals surface area contributed by atoms with Crippen molar-refractivity contribution < 1.29 is 4.79 Å². The van der Waals surface area contributed by atoms with Crippen molar-refractivity contribution in [3.8, 4) is 21.8 Å². The molecule has 138 valence electrons. The number of rotatable bonds is 4. The number of anilines is 1. The molecule has 5 heteroatoms. The number of halogens is 1. The first kappa shape index (κ1) is 18.8. The van der Waals surface area contributed by atoms with Crippen LogP contribution in [0.1, 0.15) is 15.2 Å². The van der Waals surface area contributed by atoms with E-state index in [9.17, 15) is 4.79 Å². The van der Waals surface area contributed by atoms with Gasteiger partial charge in [0.1, 0.15) is 5.01 Å². The molecule has 1 N–H and O–H groups in total. The Morgan fingerprint density at radius 3 is 2.29 bits per heavy atom. The minimum atomic E-state index is -0.103. The number of aryl methyl sites for hydroxylation is 1. The second kappa shape index (κ2) is 8.24. The molecule has 28 heavy (non-hydrogen) atoms. The Balaban J connectivity index is 1.55. The fourth-order valence-corrected chi connectivity index (χ4v) is 4.50. The van der Waals surface area contributed by atoms with Gasteiger partial charge in [-0.15, -0.1) is 11.3 Å². The Morgan fingerprint density at radius 1 is 0.893 bits per heavy atom. The van der Waals surface area contributed by atoms with Crippen LogP contribution in [0.5, 0.6) is 0 Å². The van der Waals surface area contributed by atoms with E-state index in [1.807, 2.05) is 66.7 Å². The summed E-state index contributed by atoms with van der Waals surface area (Å²) in [5.74, 6) is -0.103. The Labute approximate surface area is 181 Å². The third kappa shape index (κ3) is 4.00. The van der Waals surface area contributed by atoms with E-state index in [1.165, 1.54) is 4.88 Å². The summed E-state index contributed by atoms with van der Waals surface area (Å²) in [7, 11) is 0. The van der Waals surface area contributed by atoms with Crippen LogP contribution in [0.25, 0.3) is 21.8 Å². The van der Waals surface area contributed by atoms with E-state index in [1.54, 1.807) is 11.3 Å². The third-order valence-corrected chi connectivity index (χ3v) is 6.31. The molecule has 0 saturated carbocycles. The van der Waals surface area contributed by atoms with Crippen molar-refractivity contribution in [1.82, 2.24) is 4.98 Å². The summed E-state index contributed by atoms with van der Waals surface area (Å²) in [6.45, 7) is 2.09. The van der Waals surface area contributed by atoms with Crippen LogP contribution in [-0.4, -0.2) is 10.9 Å². The number of aromatic nitrogens is 1. The van der Waals surface area contributed by atoms with Gasteiger partial charge >= 0.3 is 0 Å². The van der Waals surface area contributed by atoms with Crippen molar-refractivity contribution in [3.05, 3.63) is 92.9 Å². The maximum Gasteiger partial charge on any atom is 0.256 e. The van der Waals surface area contributed by atoms with Gasteiger partial charge < -0.3 is 5.32 Å². The van der Waals surface area contributed by atoms with Gasteiger partial charge in [-0.05, 0) is 53.8 Å². The highest BCUT2D eigenvalue weighted by Gasteiger charge is 2.12. The van der Waals surface area contributed by atoms with Crippen LogP contribution in [0, 0.1) is 10.5 Å². The van der Waals surface area contributed by atoms with Crippen LogP contribution in [0.3, 0.4) is 0 Å². The summed E-state index contributed by atoms with van der Waals surface area (Å²) >= 11 is 3.87. The predicted molar refractivity (Wildman–Crippen MR) is 125 cm³/mol. The average Bonchev–Trinajstić information content (AvgIpc) is 3.11. The van der Waals surface area contributed by atoms with Gasteiger partial charge in [-0.2, -0.15) is 0 Å². The standard InChI is InChI=1S/C23H17IN2OS/c1-15-21(26-23(28-15)17-7-3-2-4-8-17)16-11-13-18(14-12-16)25-22(27)19-9-5-6-10-20(19)24/h2-14H,1H3,(H,25,27). The highest BCUT2D eigenvalue weighted by molar-refractivity contribution is 14.1. The second-order valence-electron chi connectivity index (χ2n) is 6.30. The van der Waals surface area contributed by atoms with Crippen molar-refractivity contribution in [2.45, 2.75) is 6.92 Å². The molecule has 0 fully saturated rings. The van der Waals surface area contributed by atoms with E-state index in [0.29, 0.717) is 5.56 Å². The van der Waals surface area contributed by atoms with Crippen molar-refractivity contribution in [3.63, 3.8) is 0 Å². The van der Waals surface area contributed by atoms with Crippen LogP contribution >= 0.6 is 33.9 Å². The van der Waals surface area contributed by atoms with Crippen molar-refractivity contribution in [1.29, 1.82) is 0 Å². The molecule has 0 unspecified atom stereocenters. The van der Waals surface area contributed by atoms with E-state index in [4.69, 9.17) is 4.98 Å². The lowest BCUT2D eigenvalue weighted by molar-refractivity contribution is 0.102. The molecule has 1 amide bonds. The molecule has 0 bridgehead atoms. The Morgan fingerprint density at radius 2 is 1.57 bits per heavy atom. The number of nitrogens with zero attached hydrogens (tertiary/aromatic N) is 1. The van der Waals surface area contributed by atoms with E-state index in [-0.39, 0.29) is 5.91 Å². The van der Waals surface area contributed by atoms with Crippen molar-refractivity contribution in [2.75, 3.05) is 5.32 Å². The van der Waals surface area contributed by atoms with Crippen LogP contribution in [0.2, 0.25) is 0 Å². The first-order valence-corrected chi connectivity index (χ1v) is 10.7. The fourth-order valence-electron chi connectivity index (χ4n) is 2.92. The Kier molecular flexibility index (Phi) is 5.54. The molecular weight excluding hydrogens is 479 g/mol. The van der Waals surface area contributed by atoms with E-state index >= 15 is 0 Å². The van der Waals surface area contributed by atoms with Gasteiger partial charge in [0.25, 0.3) is 5.91 Å². The molecular formula is C23H17IN2OS. The fraction of sp³-hybridized carbons (Fsp3) is 0.0435. The maximum absolute atomic E-state index is 12.5. The van der Waals surface area contributed by atoms with Crippen molar-refractivity contribution >= 4 is 45.5 Å². The van der Waals surface area contributed by atoms with Gasteiger partial charge in [-0.1, -0.05) is 54.6 Å². The zero-order valence-corrected chi connectivity index (χ0v) is 18.1. The zero-order chi connectivity index (χ0) is 19.5. The summed E-state index contributed by atoms with van der Waals surface area (Å²) < 4.78 is 0.931. The molecule has 0 saturated heterocycles. The van der Waals surface area contributed by atoms with Gasteiger partial charge in [0.05, 0.1) is 11.3 Å². The molecule has 0 aliphatic carbocycles. The number of nitrogens with one attached hydrogen (secondary N) is 1. The van der Waals surface area contributed by atoms with Crippen LogP contribution in [-0.2, 0) is 0 Å². The first-order valence-electron chi connectivity index (χ1n) is 8.81. The van der Waals surface area contributed by atoms with Crippen LogP contribution in [0.15, 0.2) is 78.9 Å². The molecule has 0 atom stereocenters. The Hall–Kier alpha value is -2.51. The number of carbonyl (C=O) groups is 1. The largest absolute Gasteiger partial charge is 0.322 e. The lowest BCUT2D eigenvalue weighted by Crippen LogP contribution is -2.13. The molecule has 0 spiro atoms. The Bertz CT molecular complexity index is 1120. The normalized spacial score (nSPS) is 10.6. The van der Waals surface area contributed by atoms with Gasteiger partial charge in [-0.25, -0.2) is 4.98 Å². The molecule has 1 heterocycles. The number of thiazole rings is 1. The first-order chi connectivity index (χ1) is 13.6. The highest BCUT2D eigenvalue weighted by atomic mass is 127. The van der Waals surface area contributed by atoms with E-state index in [0.717, 1.165) is 31.1 Å². The quantitative estimate of drug-likeness (QED) is 0.322. The van der Waals surface area contributed by atoms with Crippen molar-refractivity contribution in [2.24, 2.45) is 0 Å². The van der Waals surface area contributed by atoms with E-state index < -0.39 is 0 Å². The van der Waals surface area contributed by atoms with Crippen LogP contribution in [0.4, 0.5) is 5.69 Å². The average molecular weight is 496 g/mol. The van der Waals surface area contributed by atoms with Gasteiger partial charge in [0.15, 0.2) is 0 Å². The lowest BCUT2D eigenvalue weighted by Gasteiger charge is -2.07. The summed E-state index contributed by atoms with van der Waals surface area (Å²) in [6.07, 6.45) is 0. The summed E-state index contributed by atoms with van der Waals surface area (Å²) in [6, 6.07) is 25.6. The predicted octanol–water partition coefficient (Wildman–Crippen LogP) is 6.64. The number of hydrogen-bond acceptors (Lipinski definition) is 3. The smallest absolute Gasteiger partial charge is 0.256 e. The minimum Gasteiger partial charge on any atom is -0.322 e. The molecule has 3 aromatic carbocycles. The molecule has 0 aliphatic rings. The molecule has 0 aliphatic heterocycles. The minimum absolute atomic E-state index is 0.103. The van der Waals surface area contributed by atoms with E-state index in [2.05, 4.69) is 47.0 Å². The van der Waals surface area contributed by atoms with Gasteiger partial charge in [0, 0.05) is 25.3 Å². The number of amides is 1. The maximum atomic E-state index is 12.5. The van der Waals surface area contributed by atoms with Gasteiger partial charge in [-0.3, -0.25) is 4.79 Å². The van der Waals surface area contributed by atoms with Crippen LogP contribution < -0.4 is 5.32 Å². The summed E-state index contributed by atoms with van der Waals surface area (Å²) in [5, 5.41) is 3.98.